The van der Waals surface area contributed by atoms with Crippen molar-refractivity contribution >= 4 is 17.3 Å². The van der Waals surface area contributed by atoms with Crippen molar-refractivity contribution in [3.63, 3.8) is 0 Å². The number of nitro groups is 1. The average molecular weight is 507 g/mol. The van der Waals surface area contributed by atoms with Crippen molar-refractivity contribution in [1.29, 1.82) is 5.26 Å². The van der Waals surface area contributed by atoms with Gasteiger partial charge in [-0.1, -0.05) is 18.2 Å². The molecule has 37 heavy (non-hydrogen) atoms. The Kier molecular flexibility index (Phi) is 6.73. The summed E-state index contributed by atoms with van der Waals surface area (Å²) >= 11 is 0. The van der Waals surface area contributed by atoms with E-state index in [1.807, 2.05) is 6.07 Å². The lowest BCUT2D eigenvalue weighted by Gasteiger charge is -2.14. The molecule has 1 atom stereocenters. The molecule has 186 valence electrons. The third-order valence-electron chi connectivity index (χ3n) is 5.33. The van der Waals surface area contributed by atoms with Gasteiger partial charge in [0, 0.05) is 23.9 Å². The van der Waals surface area contributed by atoms with E-state index in [9.17, 15) is 33.2 Å². The molecule has 0 spiro atoms. The van der Waals surface area contributed by atoms with Gasteiger partial charge in [0.25, 0.3) is 11.6 Å². The van der Waals surface area contributed by atoms with Gasteiger partial charge in [-0.2, -0.15) is 23.5 Å². The van der Waals surface area contributed by atoms with Gasteiger partial charge >= 0.3 is 6.18 Å². The maximum atomic E-state index is 13.4. The molecule has 0 aliphatic rings. The van der Waals surface area contributed by atoms with Gasteiger partial charge in [0.15, 0.2) is 5.69 Å². The third-order valence-corrected chi connectivity index (χ3v) is 5.33. The van der Waals surface area contributed by atoms with Crippen LogP contribution in [-0.4, -0.2) is 25.7 Å². The number of nitriles is 1. The first-order valence-electron chi connectivity index (χ1n) is 10.6. The number of nitro benzene ring substituents is 1. The Morgan fingerprint density at radius 3 is 2.41 bits per heavy atom. The number of carbonyl (C=O) groups is 1. The van der Waals surface area contributed by atoms with Crippen LogP contribution in [0, 0.1) is 21.4 Å². The van der Waals surface area contributed by atoms with E-state index in [0.29, 0.717) is 17.2 Å². The van der Waals surface area contributed by atoms with Crippen molar-refractivity contribution in [1.82, 2.24) is 9.78 Å². The molecule has 4 aromatic rings. The molecule has 4 rings (SSSR count). The van der Waals surface area contributed by atoms with Crippen molar-refractivity contribution < 1.29 is 28.0 Å². The monoisotopic (exact) mass is 507 g/mol. The molecule has 9 nitrogen and oxygen atoms in total. The van der Waals surface area contributed by atoms with Crippen LogP contribution in [0.3, 0.4) is 0 Å². The number of hydrogen-bond donors (Lipinski definition) is 2. The number of hydrogen-bond acceptors (Lipinski definition) is 6. The highest BCUT2D eigenvalue weighted by Gasteiger charge is 2.36. The molecule has 0 bridgehead atoms. The minimum atomic E-state index is -4.82. The largest absolute Gasteiger partial charge is 0.435 e. The third kappa shape index (κ3) is 5.47. The number of carbonyl (C=O) groups excluding carboxylic acids is 1. The Bertz CT molecular complexity index is 1520. The summed E-state index contributed by atoms with van der Waals surface area (Å²) in [6.07, 6.45) is -6.00. The fourth-order valence-electron chi connectivity index (χ4n) is 3.54. The van der Waals surface area contributed by atoms with Crippen LogP contribution in [0.15, 0.2) is 78.9 Å². The Morgan fingerprint density at radius 1 is 1.05 bits per heavy atom. The molecular weight excluding hydrogens is 491 g/mol. The van der Waals surface area contributed by atoms with E-state index in [2.05, 4.69) is 10.4 Å². The van der Waals surface area contributed by atoms with Gasteiger partial charge in [-0.3, -0.25) is 14.9 Å². The standard InChI is InChI=1S/C25H16F3N5O4/c26-25(27,28)22-13-21(32(31-22)20-6-1-3-15(11-20)14-29)24(35)30-18-5-2-4-17(12-18)23(34)16-7-9-19(10-8-16)33(36)37/h1-13,23,34H,(H,30,35). The second kappa shape index (κ2) is 9.92. The van der Waals surface area contributed by atoms with Gasteiger partial charge in [-0.05, 0) is 53.6 Å². The Balaban J connectivity index is 1.64. The first-order chi connectivity index (χ1) is 17.6. The molecule has 3 aromatic carbocycles. The topological polar surface area (TPSA) is 134 Å². The molecule has 1 amide bonds. The summed E-state index contributed by atoms with van der Waals surface area (Å²) in [5.41, 5.74) is -0.742. The summed E-state index contributed by atoms with van der Waals surface area (Å²) in [5, 5.41) is 36.7. The van der Waals surface area contributed by atoms with Gasteiger partial charge in [0.05, 0.1) is 22.2 Å². The summed E-state index contributed by atoms with van der Waals surface area (Å²) in [4.78, 5) is 23.3. The number of nitrogens with one attached hydrogen (secondary N) is 1. The zero-order chi connectivity index (χ0) is 26.7. The molecule has 12 heteroatoms. The van der Waals surface area contributed by atoms with Crippen LogP contribution in [0.4, 0.5) is 24.5 Å². The van der Waals surface area contributed by atoms with Crippen LogP contribution >= 0.6 is 0 Å². The smallest absolute Gasteiger partial charge is 0.384 e. The fourth-order valence-corrected chi connectivity index (χ4v) is 3.54. The van der Waals surface area contributed by atoms with E-state index in [0.717, 1.165) is 4.68 Å². The van der Waals surface area contributed by atoms with E-state index >= 15 is 0 Å². The number of rotatable bonds is 6. The summed E-state index contributed by atoms with van der Waals surface area (Å²) < 4.78 is 40.9. The molecule has 1 aromatic heterocycles. The number of anilines is 1. The highest BCUT2D eigenvalue weighted by molar-refractivity contribution is 6.03. The maximum absolute atomic E-state index is 13.4. The predicted octanol–water partition coefficient (Wildman–Crippen LogP) is 5.00. The van der Waals surface area contributed by atoms with E-state index in [1.54, 1.807) is 6.07 Å². The summed E-state index contributed by atoms with van der Waals surface area (Å²) in [6.45, 7) is 0. The van der Waals surface area contributed by atoms with Crippen LogP contribution in [-0.2, 0) is 6.18 Å². The number of aliphatic hydroxyl groups is 1. The van der Waals surface area contributed by atoms with Crippen LogP contribution in [0.1, 0.15) is 39.0 Å². The van der Waals surface area contributed by atoms with Gasteiger partial charge < -0.3 is 10.4 Å². The van der Waals surface area contributed by atoms with E-state index < -0.39 is 34.5 Å². The maximum Gasteiger partial charge on any atom is 0.435 e. The Hall–Kier alpha value is -5.02. The second-order valence-corrected chi connectivity index (χ2v) is 7.82. The Labute approximate surface area is 207 Å². The highest BCUT2D eigenvalue weighted by atomic mass is 19.4. The van der Waals surface area contributed by atoms with Crippen molar-refractivity contribution in [3.05, 3.63) is 117 Å². The lowest BCUT2D eigenvalue weighted by Crippen LogP contribution is -2.17. The fraction of sp³-hybridized carbons (Fsp3) is 0.0800. The number of amides is 1. The van der Waals surface area contributed by atoms with Crippen LogP contribution in [0.5, 0.6) is 0 Å². The van der Waals surface area contributed by atoms with Gasteiger partial charge in [0.1, 0.15) is 11.8 Å². The zero-order valence-electron chi connectivity index (χ0n) is 18.7. The van der Waals surface area contributed by atoms with E-state index in [-0.39, 0.29) is 22.6 Å². The van der Waals surface area contributed by atoms with Gasteiger partial charge in [-0.25, -0.2) is 4.68 Å². The van der Waals surface area contributed by atoms with Crippen LogP contribution < -0.4 is 5.32 Å². The lowest BCUT2D eigenvalue weighted by atomic mass is 10.0. The van der Waals surface area contributed by atoms with E-state index in [1.165, 1.54) is 66.7 Å². The number of non-ortho nitro benzene ring substituents is 1. The zero-order valence-corrected chi connectivity index (χ0v) is 18.7. The second-order valence-electron chi connectivity index (χ2n) is 7.82. The van der Waals surface area contributed by atoms with Crippen molar-refractivity contribution in [2.75, 3.05) is 5.32 Å². The molecule has 0 radical (unpaired) electrons. The number of aliphatic hydroxyl groups excluding tert-OH is 1. The average Bonchev–Trinajstić information content (AvgIpc) is 3.35. The highest BCUT2D eigenvalue weighted by Crippen LogP contribution is 2.30. The molecule has 1 unspecified atom stereocenters. The molecule has 0 fully saturated rings. The lowest BCUT2D eigenvalue weighted by molar-refractivity contribution is -0.384. The number of nitrogens with zero attached hydrogens (tertiary/aromatic N) is 4. The number of aromatic nitrogens is 2. The van der Waals surface area contributed by atoms with E-state index in [4.69, 9.17) is 5.26 Å². The minimum absolute atomic E-state index is 0.0852. The van der Waals surface area contributed by atoms with Crippen LogP contribution in [0.25, 0.3) is 5.69 Å². The minimum Gasteiger partial charge on any atom is -0.384 e. The quantitative estimate of drug-likeness (QED) is 0.279. The first-order valence-corrected chi connectivity index (χ1v) is 10.6. The normalized spacial score (nSPS) is 12.0. The number of alkyl halides is 3. The summed E-state index contributed by atoms with van der Waals surface area (Å²) in [7, 11) is 0. The molecule has 0 aliphatic carbocycles. The SMILES string of the molecule is N#Cc1cccc(-n2nc(C(F)(F)F)cc2C(=O)Nc2cccc(C(O)c3ccc([N+](=O)[O-])cc3)c2)c1. The molecule has 1 heterocycles. The van der Waals surface area contributed by atoms with Crippen LogP contribution in [0.2, 0.25) is 0 Å². The summed E-state index contributed by atoms with van der Waals surface area (Å²) in [6, 6.07) is 19.3. The number of benzene rings is 3. The molecular formula is C25H16F3N5O4. The molecule has 0 saturated heterocycles. The first kappa shape index (κ1) is 25.1. The van der Waals surface area contributed by atoms with Crippen molar-refractivity contribution in [2.24, 2.45) is 0 Å². The van der Waals surface area contributed by atoms with Gasteiger partial charge in [0.2, 0.25) is 0 Å². The van der Waals surface area contributed by atoms with Gasteiger partial charge in [-0.15, -0.1) is 0 Å². The molecule has 2 N–H and O–H groups in total. The number of halogens is 3. The predicted molar refractivity (Wildman–Crippen MR) is 125 cm³/mol. The molecule has 0 saturated carbocycles. The summed E-state index contributed by atoms with van der Waals surface area (Å²) in [5.74, 6) is -0.910. The van der Waals surface area contributed by atoms with Crippen molar-refractivity contribution in [3.8, 4) is 11.8 Å². The molecule has 0 aliphatic heterocycles. The Morgan fingerprint density at radius 2 is 1.76 bits per heavy atom. The van der Waals surface area contributed by atoms with Crippen molar-refractivity contribution in [2.45, 2.75) is 12.3 Å².